The van der Waals surface area contributed by atoms with Gasteiger partial charge in [-0.25, -0.2) is 9.78 Å². The van der Waals surface area contributed by atoms with Crippen LogP contribution < -0.4 is 0 Å². The van der Waals surface area contributed by atoms with E-state index in [1.165, 1.54) is 11.3 Å². The molecule has 0 unspecified atom stereocenters. The number of nitrogens with zero attached hydrogens (tertiary/aromatic N) is 1. The molecule has 1 rings (SSSR count). The summed E-state index contributed by atoms with van der Waals surface area (Å²) < 4.78 is 0. The Kier molecular flexibility index (Phi) is 3.42. The van der Waals surface area contributed by atoms with E-state index in [9.17, 15) is 4.79 Å². The number of hydrogen-bond acceptors (Lipinski definition) is 3. The number of carbonyl (C=O) groups is 1. The second-order valence-corrected chi connectivity index (χ2v) is 3.77. The molecule has 13 heavy (non-hydrogen) atoms. The molecule has 1 heterocycles. The number of aromatic nitrogens is 1. The van der Waals surface area contributed by atoms with Crippen LogP contribution in [0.2, 0.25) is 0 Å². The number of thiazole rings is 1. The van der Waals surface area contributed by atoms with E-state index in [1.54, 1.807) is 5.51 Å². The van der Waals surface area contributed by atoms with E-state index in [0.717, 1.165) is 17.7 Å². The molecular formula is C9H13NO2S. The molecule has 1 aromatic heterocycles. The number of hydrogen-bond donors (Lipinski definition) is 1. The first-order chi connectivity index (χ1) is 6.20. The van der Waals surface area contributed by atoms with Crippen molar-refractivity contribution in [1.82, 2.24) is 4.98 Å². The van der Waals surface area contributed by atoms with Gasteiger partial charge >= 0.3 is 5.97 Å². The van der Waals surface area contributed by atoms with E-state index in [1.807, 2.05) is 0 Å². The van der Waals surface area contributed by atoms with Crippen LogP contribution in [0.15, 0.2) is 5.51 Å². The molecule has 0 aliphatic rings. The highest BCUT2D eigenvalue weighted by atomic mass is 32.1. The van der Waals surface area contributed by atoms with Crippen LogP contribution in [0.5, 0.6) is 0 Å². The molecule has 0 fully saturated rings. The molecule has 0 amide bonds. The Morgan fingerprint density at radius 1 is 1.62 bits per heavy atom. The van der Waals surface area contributed by atoms with Crippen molar-refractivity contribution in [2.75, 3.05) is 0 Å². The van der Waals surface area contributed by atoms with Crippen molar-refractivity contribution in [3.05, 3.63) is 16.1 Å². The van der Waals surface area contributed by atoms with Crippen molar-refractivity contribution in [3.63, 3.8) is 0 Å². The second kappa shape index (κ2) is 4.37. The Morgan fingerprint density at radius 3 is 2.69 bits per heavy atom. The Morgan fingerprint density at radius 2 is 2.23 bits per heavy atom. The molecule has 0 saturated carbocycles. The summed E-state index contributed by atoms with van der Waals surface area (Å²) in [5, 5.41) is 8.84. The highest BCUT2D eigenvalue weighted by Gasteiger charge is 2.19. The quantitative estimate of drug-likeness (QED) is 0.811. The van der Waals surface area contributed by atoms with E-state index in [-0.39, 0.29) is 5.69 Å². The molecule has 0 bridgehead atoms. The number of aromatic carboxylic acids is 1. The molecule has 0 radical (unpaired) electrons. The van der Waals surface area contributed by atoms with Crippen molar-refractivity contribution in [2.45, 2.75) is 32.6 Å². The third-order valence-corrected chi connectivity index (χ3v) is 3.15. The molecule has 4 heteroatoms. The van der Waals surface area contributed by atoms with Crippen LogP contribution in [0, 0.1) is 0 Å². The first kappa shape index (κ1) is 10.2. The van der Waals surface area contributed by atoms with Gasteiger partial charge in [0.1, 0.15) is 0 Å². The standard InChI is InChI=1S/C9H13NO2S/c1-3-6(4-2)8-7(9(11)12)10-5-13-8/h5-6H,3-4H2,1-2H3,(H,11,12). The van der Waals surface area contributed by atoms with Crippen molar-refractivity contribution >= 4 is 17.3 Å². The summed E-state index contributed by atoms with van der Waals surface area (Å²) in [6.07, 6.45) is 1.94. The van der Waals surface area contributed by atoms with Crippen LogP contribution in [-0.4, -0.2) is 16.1 Å². The highest BCUT2D eigenvalue weighted by Crippen LogP contribution is 2.29. The SMILES string of the molecule is CCC(CC)c1scnc1C(=O)O. The first-order valence-corrected chi connectivity index (χ1v) is 5.25. The van der Waals surface area contributed by atoms with Crippen LogP contribution in [0.3, 0.4) is 0 Å². The van der Waals surface area contributed by atoms with Gasteiger partial charge in [0.25, 0.3) is 0 Å². The summed E-state index contributed by atoms with van der Waals surface area (Å²) in [4.78, 5) is 15.5. The van der Waals surface area contributed by atoms with Crippen molar-refractivity contribution < 1.29 is 9.90 Å². The zero-order valence-corrected chi connectivity index (χ0v) is 8.60. The lowest BCUT2D eigenvalue weighted by atomic mass is 10.0. The van der Waals surface area contributed by atoms with Gasteiger partial charge in [0.05, 0.1) is 5.51 Å². The van der Waals surface area contributed by atoms with Crippen molar-refractivity contribution in [2.24, 2.45) is 0 Å². The maximum absolute atomic E-state index is 10.8. The van der Waals surface area contributed by atoms with E-state index in [0.29, 0.717) is 5.92 Å². The molecule has 0 spiro atoms. The predicted molar refractivity (Wildman–Crippen MR) is 52.4 cm³/mol. The van der Waals surface area contributed by atoms with Gasteiger partial charge < -0.3 is 5.11 Å². The summed E-state index contributed by atoms with van der Waals surface area (Å²) in [6.45, 7) is 4.14. The number of carboxylic acid groups (broad SMARTS) is 1. The molecule has 1 N–H and O–H groups in total. The van der Waals surface area contributed by atoms with Gasteiger partial charge in [0.2, 0.25) is 0 Å². The molecule has 0 atom stereocenters. The Balaban J connectivity index is 2.98. The summed E-state index contributed by atoms with van der Waals surface area (Å²) >= 11 is 1.44. The number of carboxylic acids is 1. The molecule has 3 nitrogen and oxygen atoms in total. The van der Waals surface area contributed by atoms with Crippen LogP contribution >= 0.6 is 11.3 Å². The molecule has 0 aliphatic carbocycles. The lowest BCUT2D eigenvalue weighted by Crippen LogP contribution is -2.04. The fourth-order valence-electron chi connectivity index (χ4n) is 1.36. The molecular weight excluding hydrogens is 186 g/mol. The van der Waals surface area contributed by atoms with Gasteiger partial charge in [-0.15, -0.1) is 11.3 Å². The van der Waals surface area contributed by atoms with Crippen LogP contribution in [-0.2, 0) is 0 Å². The van der Waals surface area contributed by atoms with Crippen molar-refractivity contribution in [3.8, 4) is 0 Å². The third-order valence-electron chi connectivity index (χ3n) is 2.15. The van der Waals surface area contributed by atoms with Gasteiger partial charge in [-0.05, 0) is 18.8 Å². The summed E-state index contributed by atoms with van der Waals surface area (Å²) in [7, 11) is 0. The molecule has 1 aromatic rings. The van der Waals surface area contributed by atoms with Crippen LogP contribution in [0.1, 0.15) is 48.0 Å². The Hall–Kier alpha value is -0.900. The molecule has 0 aliphatic heterocycles. The minimum atomic E-state index is -0.914. The van der Waals surface area contributed by atoms with Gasteiger partial charge in [-0.2, -0.15) is 0 Å². The summed E-state index contributed by atoms with van der Waals surface area (Å²) in [6, 6.07) is 0. The van der Waals surface area contributed by atoms with E-state index >= 15 is 0 Å². The zero-order chi connectivity index (χ0) is 9.84. The average molecular weight is 199 g/mol. The fourth-order valence-corrected chi connectivity index (χ4v) is 2.41. The predicted octanol–water partition coefficient (Wildman–Crippen LogP) is 2.74. The largest absolute Gasteiger partial charge is 0.476 e. The Bertz CT molecular complexity index is 292. The lowest BCUT2D eigenvalue weighted by molar-refractivity contribution is 0.0689. The van der Waals surface area contributed by atoms with Gasteiger partial charge in [0.15, 0.2) is 5.69 Å². The van der Waals surface area contributed by atoms with E-state index in [4.69, 9.17) is 5.11 Å². The normalized spacial score (nSPS) is 10.7. The topological polar surface area (TPSA) is 50.2 Å². The van der Waals surface area contributed by atoms with Gasteiger partial charge in [-0.3, -0.25) is 0 Å². The lowest BCUT2D eigenvalue weighted by Gasteiger charge is -2.09. The van der Waals surface area contributed by atoms with E-state index < -0.39 is 5.97 Å². The maximum atomic E-state index is 10.8. The second-order valence-electron chi connectivity index (χ2n) is 2.88. The van der Waals surface area contributed by atoms with Crippen LogP contribution in [0.25, 0.3) is 0 Å². The maximum Gasteiger partial charge on any atom is 0.355 e. The van der Waals surface area contributed by atoms with Gasteiger partial charge in [-0.1, -0.05) is 13.8 Å². The minimum Gasteiger partial charge on any atom is -0.476 e. The first-order valence-electron chi connectivity index (χ1n) is 4.37. The minimum absolute atomic E-state index is 0.235. The third kappa shape index (κ3) is 2.06. The smallest absolute Gasteiger partial charge is 0.355 e. The van der Waals surface area contributed by atoms with Gasteiger partial charge in [0, 0.05) is 4.88 Å². The Labute approximate surface area is 81.4 Å². The van der Waals surface area contributed by atoms with E-state index in [2.05, 4.69) is 18.8 Å². The highest BCUT2D eigenvalue weighted by molar-refractivity contribution is 7.10. The monoisotopic (exact) mass is 199 g/mol. The molecule has 0 aromatic carbocycles. The molecule has 0 saturated heterocycles. The summed E-state index contributed by atoms with van der Waals surface area (Å²) in [5.41, 5.74) is 1.84. The number of rotatable bonds is 4. The fraction of sp³-hybridized carbons (Fsp3) is 0.556. The average Bonchev–Trinajstić information content (AvgIpc) is 2.55. The summed E-state index contributed by atoms with van der Waals surface area (Å²) in [5.74, 6) is -0.568. The zero-order valence-electron chi connectivity index (χ0n) is 7.78. The van der Waals surface area contributed by atoms with Crippen LogP contribution in [0.4, 0.5) is 0 Å². The molecule has 72 valence electrons. The van der Waals surface area contributed by atoms with Crippen molar-refractivity contribution in [1.29, 1.82) is 0 Å².